The molecule has 4 rings (SSSR count). The third-order valence-corrected chi connectivity index (χ3v) is 5.12. The summed E-state index contributed by atoms with van der Waals surface area (Å²) in [5.74, 6) is 0.0723. The van der Waals surface area contributed by atoms with E-state index < -0.39 is 0 Å². The molecular formula is C22H22N4O3. The summed E-state index contributed by atoms with van der Waals surface area (Å²) in [6.45, 7) is 1.58. The quantitative estimate of drug-likeness (QED) is 0.700. The van der Waals surface area contributed by atoms with Crippen molar-refractivity contribution in [1.29, 1.82) is 0 Å². The van der Waals surface area contributed by atoms with Gasteiger partial charge in [-0.25, -0.2) is 0 Å². The second-order valence-electron chi connectivity index (χ2n) is 7.09. The number of anilines is 1. The summed E-state index contributed by atoms with van der Waals surface area (Å²) in [5.41, 5.74) is 2.47. The van der Waals surface area contributed by atoms with Gasteiger partial charge in [0.15, 0.2) is 0 Å². The molecule has 148 valence electrons. The molecule has 2 amide bonds. The van der Waals surface area contributed by atoms with Gasteiger partial charge < -0.3 is 10.2 Å². The number of nitrogens with zero attached hydrogens (tertiary/aromatic N) is 3. The van der Waals surface area contributed by atoms with Gasteiger partial charge in [0, 0.05) is 37.0 Å². The molecule has 1 aliphatic heterocycles. The number of aromatic nitrogens is 2. The number of nitrogens with one attached hydrogen (secondary N) is 1. The van der Waals surface area contributed by atoms with E-state index in [2.05, 4.69) is 10.4 Å². The van der Waals surface area contributed by atoms with Crippen LogP contribution in [0.15, 0.2) is 59.5 Å². The van der Waals surface area contributed by atoms with Gasteiger partial charge in [0.2, 0.25) is 17.2 Å². The topological polar surface area (TPSA) is 84.3 Å². The summed E-state index contributed by atoms with van der Waals surface area (Å²) in [7, 11) is 0. The first-order valence-corrected chi connectivity index (χ1v) is 9.73. The molecule has 2 aromatic carbocycles. The van der Waals surface area contributed by atoms with Crippen LogP contribution in [0.1, 0.15) is 24.8 Å². The molecule has 0 atom stereocenters. The summed E-state index contributed by atoms with van der Waals surface area (Å²) in [5, 5.41) is 7.64. The predicted octanol–water partition coefficient (Wildman–Crippen LogP) is 2.23. The van der Waals surface area contributed by atoms with E-state index in [9.17, 15) is 14.4 Å². The van der Waals surface area contributed by atoms with Crippen molar-refractivity contribution >= 4 is 28.4 Å². The van der Waals surface area contributed by atoms with Gasteiger partial charge in [-0.05, 0) is 36.2 Å². The van der Waals surface area contributed by atoms with Crippen LogP contribution < -0.4 is 15.6 Å². The summed E-state index contributed by atoms with van der Waals surface area (Å²) in [6.07, 6.45) is 3.06. The molecule has 1 saturated heterocycles. The molecule has 0 radical (unpaired) electrons. The van der Waals surface area contributed by atoms with Crippen LogP contribution in [0, 0.1) is 0 Å². The summed E-state index contributed by atoms with van der Waals surface area (Å²) >= 11 is 0. The number of carbonyl (C=O) groups excluding carboxylic acids is 2. The number of hydrogen-bond acceptors (Lipinski definition) is 4. The van der Waals surface area contributed by atoms with Crippen molar-refractivity contribution in [2.45, 2.75) is 32.4 Å². The highest BCUT2D eigenvalue weighted by molar-refractivity contribution is 5.95. The zero-order valence-corrected chi connectivity index (χ0v) is 16.0. The number of amides is 2. The molecule has 1 aromatic heterocycles. The second kappa shape index (κ2) is 8.26. The lowest BCUT2D eigenvalue weighted by Crippen LogP contribution is -2.25. The Morgan fingerprint density at radius 1 is 1.07 bits per heavy atom. The standard InChI is InChI=1S/C22H22N4O3/c27-20-15-24-26(19-5-2-1-4-18(19)20)13-11-21(28)23-14-16-7-9-17(10-8-16)25-12-3-6-22(25)29/h1-2,4-5,7-10,15H,3,6,11-14H2,(H,23,28). The van der Waals surface area contributed by atoms with E-state index >= 15 is 0 Å². The molecule has 0 unspecified atom stereocenters. The Kier molecular flexibility index (Phi) is 5.37. The molecule has 0 aliphatic carbocycles. The summed E-state index contributed by atoms with van der Waals surface area (Å²) < 4.78 is 1.68. The molecule has 2 heterocycles. The van der Waals surface area contributed by atoms with E-state index in [4.69, 9.17) is 0 Å². The lowest BCUT2D eigenvalue weighted by molar-refractivity contribution is -0.121. The summed E-state index contributed by atoms with van der Waals surface area (Å²) in [4.78, 5) is 37.7. The average Bonchev–Trinajstić information content (AvgIpc) is 3.18. The first-order valence-electron chi connectivity index (χ1n) is 9.73. The monoisotopic (exact) mass is 390 g/mol. The van der Waals surface area contributed by atoms with Crippen molar-refractivity contribution in [3.8, 4) is 0 Å². The molecule has 0 spiro atoms. The third kappa shape index (κ3) is 4.18. The minimum Gasteiger partial charge on any atom is -0.352 e. The highest BCUT2D eigenvalue weighted by Gasteiger charge is 2.21. The van der Waals surface area contributed by atoms with Crippen molar-refractivity contribution < 1.29 is 9.59 Å². The van der Waals surface area contributed by atoms with Gasteiger partial charge in [0.1, 0.15) is 0 Å². The number of para-hydroxylation sites is 1. The van der Waals surface area contributed by atoms with Gasteiger partial charge in [-0.15, -0.1) is 0 Å². The zero-order chi connectivity index (χ0) is 20.2. The SMILES string of the molecule is O=C(CCn1ncc(=O)c2ccccc21)NCc1ccc(N2CCCC2=O)cc1. The average molecular weight is 390 g/mol. The number of hydrogen-bond donors (Lipinski definition) is 1. The van der Waals surface area contributed by atoms with Gasteiger partial charge in [-0.1, -0.05) is 24.3 Å². The minimum atomic E-state index is -0.125. The highest BCUT2D eigenvalue weighted by Crippen LogP contribution is 2.21. The van der Waals surface area contributed by atoms with E-state index in [0.29, 0.717) is 24.9 Å². The van der Waals surface area contributed by atoms with Crippen molar-refractivity contribution in [1.82, 2.24) is 15.1 Å². The molecule has 0 saturated carbocycles. The van der Waals surface area contributed by atoms with Crippen molar-refractivity contribution in [3.63, 3.8) is 0 Å². The lowest BCUT2D eigenvalue weighted by Gasteiger charge is -2.16. The molecule has 7 nitrogen and oxygen atoms in total. The first kappa shape index (κ1) is 18.9. The largest absolute Gasteiger partial charge is 0.352 e. The van der Waals surface area contributed by atoms with Crippen molar-refractivity contribution in [2.75, 3.05) is 11.4 Å². The normalized spacial score (nSPS) is 13.8. The van der Waals surface area contributed by atoms with Crippen LogP contribution in [0.4, 0.5) is 5.69 Å². The number of benzene rings is 2. The Morgan fingerprint density at radius 2 is 1.86 bits per heavy atom. The number of aryl methyl sites for hydroxylation is 1. The van der Waals surface area contributed by atoms with Gasteiger partial charge in [0.25, 0.3) is 0 Å². The van der Waals surface area contributed by atoms with Gasteiger partial charge in [-0.2, -0.15) is 5.10 Å². The zero-order valence-electron chi connectivity index (χ0n) is 16.0. The lowest BCUT2D eigenvalue weighted by atomic mass is 10.2. The van der Waals surface area contributed by atoms with Crippen LogP contribution in [0.25, 0.3) is 10.9 Å². The molecule has 1 N–H and O–H groups in total. The van der Waals surface area contributed by atoms with Crippen LogP contribution in [0.5, 0.6) is 0 Å². The Labute approximate surface area is 167 Å². The van der Waals surface area contributed by atoms with E-state index in [1.807, 2.05) is 42.5 Å². The van der Waals surface area contributed by atoms with Gasteiger partial charge in [0.05, 0.1) is 18.3 Å². The van der Waals surface area contributed by atoms with Crippen LogP contribution in [0.3, 0.4) is 0 Å². The second-order valence-corrected chi connectivity index (χ2v) is 7.09. The number of rotatable bonds is 6. The molecule has 1 aliphatic rings. The Balaban J connectivity index is 1.32. The van der Waals surface area contributed by atoms with Crippen molar-refractivity contribution in [2.24, 2.45) is 0 Å². The van der Waals surface area contributed by atoms with E-state index in [-0.39, 0.29) is 23.7 Å². The smallest absolute Gasteiger partial charge is 0.227 e. The van der Waals surface area contributed by atoms with E-state index in [1.165, 1.54) is 6.20 Å². The maximum Gasteiger partial charge on any atom is 0.227 e. The Hall–Kier alpha value is -3.48. The van der Waals surface area contributed by atoms with Crippen LogP contribution in [-0.4, -0.2) is 28.1 Å². The Bertz CT molecular complexity index is 1100. The maximum absolute atomic E-state index is 12.2. The fourth-order valence-corrected chi connectivity index (χ4v) is 3.55. The molecule has 1 fully saturated rings. The fourth-order valence-electron chi connectivity index (χ4n) is 3.55. The van der Waals surface area contributed by atoms with Crippen molar-refractivity contribution in [3.05, 3.63) is 70.5 Å². The van der Waals surface area contributed by atoms with Crippen LogP contribution in [-0.2, 0) is 22.7 Å². The van der Waals surface area contributed by atoms with E-state index in [0.717, 1.165) is 29.7 Å². The predicted molar refractivity (Wildman–Crippen MR) is 110 cm³/mol. The fraction of sp³-hybridized carbons (Fsp3) is 0.273. The third-order valence-electron chi connectivity index (χ3n) is 5.12. The van der Waals surface area contributed by atoms with Crippen LogP contribution in [0.2, 0.25) is 0 Å². The first-order chi connectivity index (χ1) is 14.1. The molecule has 29 heavy (non-hydrogen) atoms. The van der Waals surface area contributed by atoms with Gasteiger partial charge in [-0.3, -0.25) is 19.1 Å². The van der Waals surface area contributed by atoms with Gasteiger partial charge >= 0.3 is 0 Å². The molecule has 7 heteroatoms. The highest BCUT2D eigenvalue weighted by atomic mass is 16.2. The van der Waals surface area contributed by atoms with E-state index in [1.54, 1.807) is 15.6 Å². The number of carbonyl (C=O) groups is 2. The molecule has 3 aromatic rings. The molecular weight excluding hydrogens is 368 g/mol. The Morgan fingerprint density at radius 3 is 2.62 bits per heavy atom. The number of fused-ring (bicyclic) bond motifs is 1. The molecule has 0 bridgehead atoms. The maximum atomic E-state index is 12.2. The minimum absolute atomic E-state index is 0.0895. The summed E-state index contributed by atoms with van der Waals surface area (Å²) in [6, 6.07) is 14.9. The van der Waals surface area contributed by atoms with Crippen LogP contribution >= 0.6 is 0 Å².